The SMILES string of the molecule is CC1CCCN(c2nc(C(=O)O)ccc2N)CC1. The van der Waals surface area contributed by atoms with E-state index in [1.807, 2.05) is 0 Å². The van der Waals surface area contributed by atoms with Crippen molar-refractivity contribution in [3.63, 3.8) is 0 Å². The molecule has 0 aromatic carbocycles. The van der Waals surface area contributed by atoms with Gasteiger partial charge in [-0.2, -0.15) is 0 Å². The van der Waals surface area contributed by atoms with Crippen molar-refractivity contribution in [2.24, 2.45) is 5.92 Å². The summed E-state index contributed by atoms with van der Waals surface area (Å²) in [6.45, 7) is 4.03. The molecular formula is C13H19N3O2. The molecule has 0 saturated carbocycles. The van der Waals surface area contributed by atoms with Crippen molar-refractivity contribution in [3.8, 4) is 0 Å². The standard InChI is InChI=1S/C13H19N3O2/c1-9-3-2-7-16(8-6-9)12-10(14)4-5-11(15-12)13(17)18/h4-5,9H,2-3,6-8,14H2,1H3,(H,17,18). The van der Waals surface area contributed by atoms with Crippen LogP contribution in [0.2, 0.25) is 0 Å². The van der Waals surface area contributed by atoms with E-state index in [1.54, 1.807) is 6.07 Å². The molecule has 5 nitrogen and oxygen atoms in total. The van der Waals surface area contributed by atoms with E-state index in [9.17, 15) is 4.79 Å². The summed E-state index contributed by atoms with van der Waals surface area (Å²) in [5.74, 6) is 0.308. The summed E-state index contributed by atoms with van der Waals surface area (Å²) in [5.41, 5.74) is 6.51. The molecule has 0 aliphatic carbocycles. The molecule has 0 spiro atoms. The van der Waals surface area contributed by atoms with E-state index in [-0.39, 0.29) is 5.69 Å². The second kappa shape index (κ2) is 5.25. The fraction of sp³-hybridized carbons (Fsp3) is 0.538. The highest BCUT2D eigenvalue weighted by molar-refractivity contribution is 5.87. The van der Waals surface area contributed by atoms with E-state index in [2.05, 4.69) is 16.8 Å². The molecule has 3 N–H and O–H groups in total. The van der Waals surface area contributed by atoms with Gasteiger partial charge in [-0.05, 0) is 37.3 Å². The van der Waals surface area contributed by atoms with E-state index in [0.29, 0.717) is 17.4 Å². The maximum atomic E-state index is 10.9. The number of hydrogen-bond donors (Lipinski definition) is 2. The van der Waals surface area contributed by atoms with Gasteiger partial charge >= 0.3 is 5.97 Å². The van der Waals surface area contributed by atoms with Gasteiger partial charge in [-0.25, -0.2) is 9.78 Å². The van der Waals surface area contributed by atoms with Gasteiger partial charge in [-0.3, -0.25) is 0 Å². The quantitative estimate of drug-likeness (QED) is 0.838. The summed E-state index contributed by atoms with van der Waals surface area (Å²) < 4.78 is 0. The molecule has 98 valence electrons. The summed E-state index contributed by atoms with van der Waals surface area (Å²) in [6, 6.07) is 3.07. The van der Waals surface area contributed by atoms with Crippen LogP contribution in [0.25, 0.3) is 0 Å². The first-order valence-electron chi connectivity index (χ1n) is 6.32. The third kappa shape index (κ3) is 2.72. The number of hydrogen-bond acceptors (Lipinski definition) is 4. The second-order valence-electron chi connectivity index (χ2n) is 4.94. The normalized spacial score (nSPS) is 20.5. The third-order valence-electron chi connectivity index (χ3n) is 3.44. The van der Waals surface area contributed by atoms with Crippen LogP contribution in [0.3, 0.4) is 0 Å². The lowest BCUT2D eigenvalue weighted by Gasteiger charge is -2.23. The summed E-state index contributed by atoms with van der Waals surface area (Å²) >= 11 is 0. The number of rotatable bonds is 2. The fourth-order valence-corrected chi connectivity index (χ4v) is 2.31. The smallest absolute Gasteiger partial charge is 0.354 e. The summed E-state index contributed by atoms with van der Waals surface area (Å²) in [4.78, 5) is 17.2. The van der Waals surface area contributed by atoms with Crippen LogP contribution in [-0.2, 0) is 0 Å². The van der Waals surface area contributed by atoms with Gasteiger partial charge in [0.25, 0.3) is 0 Å². The largest absolute Gasteiger partial charge is 0.477 e. The molecule has 1 aromatic heterocycles. The molecule has 0 radical (unpaired) electrons. The van der Waals surface area contributed by atoms with Gasteiger partial charge < -0.3 is 15.7 Å². The average Bonchev–Trinajstić information content (AvgIpc) is 2.54. The van der Waals surface area contributed by atoms with Gasteiger partial charge in [0.1, 0.15) is 0 Å². The van der Waals surface area contributed by atoms with Crippen LogP contribution in [0, 0.1) is 5.92 Å². The second-order valence-corrected chi connectivity index (χ2v) is 4.94. The lowest BCUT2D eigenvalue weighted by molar-refractivity contribution is 0.0690. The minimum absolute atomic E-state index is 0.0523. The zero-order chi connectivity index (χ0) is 13.1. The molecule has 2 heterocycles. The molecule has 1 saturated heterocycles. The Morgan fingerprint density at radius 1 is 1.44 bits per heavy atom. The molecule has 1 fully saturated rings. The highest BCUT2D eigenvalue weighted by Gasteiger charge is 2.18. The first-order chi connectivity index (χ1) is 8.58. The zero-order valence-electron chi connectivity index (χ0n) is 10.6. The number of nitrogens with zero attached hydrogens (tertiary/aromatic N) is 2. The summed E-state index contributed by atoms with van der Waals surface area (Å²) in [5, 5.41) is 8.97. The number of carboxylic acids is 1. The van der Waals surface area contributed by atoms with Crippen molar-refractivity contribution in [1.82, 2.24) is 4.98 Å². The van der Waals surface area contributed by atoms with Crippen LogP contribution < -0.4 is 10.6 Å². The number of aromatic nitrogens is 1. The molecule has 0 bridgehead atoms. The molecule has 2 rings (SSSR count). The van der Waals surface area contributed by atoms with Crippen molar-refractivity contribution in [2.45, 2.75) is 26.2 Å². The lowest BCUT2D eigenvalue weighted by atomic mass is 10.0. The number of carboxylic acid groups (broad SMARTS) is 1. The molecule has 18 heavy (non-hydrogen) atoms. The number of anilines is 2. The van der Waals surface area contributed by atoms with Crippen LogP contribution in [0.15, 0.2) is 12.1 Å². The molecule has 0 amide bonds. The minimum atomic E-state index is -1.01. The molecule has 1 aliphatic rings. The number of nitrogen functional groups attached to an aromatic ring is 1. The van der Waals surface area contributed by atoms with E-state index >= 15 is 0 Å². The average molecular weight is 249 g/mol. The van der Waals surface area contributed by atoms with Crippen molar-refractivity contribution >= 4 is 17.5 Å². The Kier molecular flexibility index (Phi) is 3.69. The van der Waals surface area contributed by atoms with Crippen molar-refractivity contribution in [3.05, 3.63) is 17.8 Å². The fourth-order valence-electron chi connectivity index (χ4n) is 2.31. The van der Waals surface area contributed by atoms with Gasteiger partial charge in [0.2, 0.25) is 0 Å². The highest BCUT2D eigenvalue weighted by atomic mass is 16.4. The Hall–Kier alpha value is -1.78. The van der Waals surface area contributed by atoms with Crippen LogP contribution >= 0.6 is 0 Å². The Morgan fingerprint density at radius 2 is 2.22 bits per heavy atom. The minimum Gasteiger partial charge on any atom is -0.477 e. The third-order valence-corrected chi connectivity index (χ3v) is 3.44. The zero-order valence-corrected chi connectivity index (χ0v) is 10.6. The molecule has 5 heteroatoms. The van der Waals surface area contributed by atoms with Gasteiger partial charge in [0.15, 0.2) is 11.5 Å². The predicted octanol–water partition coefficient (Wildman–Crippen LogP) is 1.99. The van der Waals surface area contributed by atoms with Gasteiger partial charge in [-0.15, -0.1) is 0 Å². The number of nitrogens with two attached hydrogens (primary N) is 1. The van der Waals surface area contributed by atoms with Crippen LogP contribution in [0.4, 0.5) is 11.5 Å². The monoisotopic (exact) mass is 249 g/mol. The molecule has 1 atom stereocenters. The van der Waals surface area contributed by atoms with Crippen molar-refractivity contribution < 1.29 is 9.90 Å². The van der Waals surface area contributed by atoms with Gasteiger partial charge in [0, 0.05) is 13.1 Å². The Morgan fingerprint density at radius 3 is 2.94 bits per heavy atom. The number of aromatic carboxylic acids is 1. The van der Waals surface area contributed by atoms with E-state index in [0.717, 1.165) is 25.9 Å². The molecule has 1 aliphatic heterocycles. The maximum Gasteiger partial charge on any atom is 0.354 e. The number of carbonyl (C=O) groups is 1. The molecule has 1 aromatic rings. The summed E-state index contributed by atoms with van der Waals surface area (Å²) in [6.07, 6.45) is 3.40. The van der Waals surface area contributed by atoms with Gasteiger partial charge in [0.05, 0.1) is 5.69 Å². The Bertz CT molecular complexity index is 448. The summed E-state index contributed by atoms with van der Waals surface area (Å²) in [7, 11) is 0. The van der Waals surface area contributed by atoms with Gasteiger partial charge in [-0.1, -0.05) is 6.92 Å². The first kappa shape index (κ1) is 12.7. The predicted molar refractivity (Wildman–Crippen MR) is 70.8 cm³/mol. The van der Waals surface area contributed by atoms with Crippen molar-refractivity contribution in [2.75, 3.05) is 23.7 Å². The topological polar surface area (TPSA) is 79.5 Å². The van der Waals surface area contributed by atoms with Crippen LogP contribution in [0.1, 0.15) is 36.7 Å². The molecular weight excluding hydrogens is 230 g/mol. The van der Waals surface area contributed by atoms with E-state index in [1.165, 1.54) is 12.5 Å². The van der Waals surface area contributed by atoms with Crippen molar-refractivity contribution in [1.29, 1.82) is 0 Å². The Balaban J connectivity index is 2.25. The van der Waals surface area contributed by atoms with E-state index in [4.69, 9.17) is 10.8 Å². The van der Waals surface area contributed by atoms with Crippen LogP contribution in [0.5, 0.6) is 0 Å². The highest BCUT2D eigenvalue weighted by Crippen LogP contribution is 2.25. The Labute approximate surface area is 107 Å². The van der Waals surface area contributed by atoms with E-state index < -0.39 is 5.97 Å². The first-order valence-corrected chi connectivity index (χ1v) is 6.32. The van der Waals surface area contributed by atoms with Crippen LogP contribution in [-0.4, -0.2) is 29.1 Å². The maximum absolute atomic E-state index is 10.9. The number of pyridine rings is 1. The lowest BCUT2D eigenvalue weighted by Crippen LogP contribution is -2.26. The molecule has 1 unspecified atom stereocenters.